The number of hydrogen-bond acceptors (Lipinski definition) is 4. The third-order valence-electron chi connectivity index (χ3n) is 4.41. The molecule has 3 amide bonds. The average molecular weight is 351 g/mol. The Hall–Kier alpha value is -2.99. The van der Waals surface area contributed by atoms with Crippen molar-refractivity contribution in [3.8, 4) is 0 Å². The van der Waals surface area contributed by atoms with Crippen LogP contribution in [-0.4, -0.2) is 37.9 Å². The molecular formula is C20H21N3O3. The summed E-state index contributed by atoms with van der Waals surface area (Å²) in [5.74, 6) is -1.03. The van der Waals surface area contributed by atoms with E-state index in [1.54, 1.807) is 19.2 Å². The lowest BCUT2D eigenvalue weighted by Crippen LogP contribution is -2.30. The van der Waals surface area contributed by atoms with Crippen molar-refractivity contribution in [1.29, 1.82) is 0 Å². The van der Waals surface area contributed by atoms with Crippen LogP contribution in [-0.2, 0) is 0 Å². The summed E-state index contributed by atoms with van der Waals surface area (Å²) in [7, 11) is 1.80. The fraction of sp³-hybridized carbons (Fsp3) is 0.250. The van der Waals surface area contributed by atoms with E-state index < -0.39 is 5.91 Å². The molecule has 1 aliphatic heterocycles. The summed E-state index contributed by atoms with van der Waals surface area (Å²) in [6.07, 6.45) is 0. The van der Waals surface area contributed by atoms with Crippen LogP contribution in [0.1, 0.15) is 42.2 Å². The summed E-state index contributed by atoms with van der Waals surface area (Å²) in [4.78, 5) is 39.0. The number of anilines is 1. The Morgan fingerprint density at radius 2 is 1.69 bits per heavy atom. The van der Waals surface area contributed by atoms with Crippen molar-refractivity contribution in [3.63, 3.8) is 0 Å². The highest BCUT2D eigenvalue weighted by atomic mass is 16.2. The average Bonchev–Trinajstić information content (AvgIpc) is 2.88. The zero-order chi connectivity index (χ0) is 18.8. The quantitative estimate of drug-likeness (QED) is 0.638. The Morgan fingerprint density at radius 1 is 0.962 bits per heavy atom. The zero-order valence-corrected chi connectivity index (χ0v) is 15.1. The SMILES string of the molecule is CNCCNC(=O)c1ccc2c(c1)C(=O)N(c1cc(C)ccc1C)C2=O. The molecule has 2 N–H and O–H groups in total. The van der Waals surface area contributed by atoms with Gasteiger partial charge in [-0.25, -0.2) is 4.90 Å². The molecule has 2 aromatic rings. The van der Waals surface area contributed by atoms with Crippen molar-refractivity contribution in [2.24, 2.45) is 0 Å². The van der Waals surface area contributed by atoms with Gasteiger partial charge in [0.05, 0.1) is 16.8 Å². The Morgan fingerprint density at radius 3 is 2.42 bits per heavy atom. The minimum Gasteiger partial charge on any atom is -0.351 e. The van der Waals surface area contributed by atoms with E-state index in [9.17, 15) is 14.4 Å². The zero-order valence-electron chi connectivity index (χ0n) is 15.1. The molecule has 0 fully saturated rings. The smallest absolute Gasteiger partial charge is 0.266 e. The molecule has 0 spiro atoms. The first-order chi connectivity index (χ1) is 12.4. The second kappa shape index (κ2) is 7.09. The van der Waals surface area contributed by atoms with E-state index in [-0.39, 0.29) is 17.4 Å². The summed E-state index contributed by atoms with van der Waals surface area (Å²) < 4.78 is 0. The molecule has 0 saturated carbocycles. The van der Waals surface area contributed by atoms with Crippen LogP contribution in [0.3, 0.4) is 0 Å². The molecule has 6 heteroatoms. The third-order valence-corrected chi connectivity index (χ3v) is 4.41. The van der Waals surface area contributed by atoms with Crippen molar-refractivity contribution >= 4 is 23.4 Å². The highest BCUT2D eigenvalue weighted by Crippen LogP contribution is 2.31. The van der Waals surface area contributed by atoms with E-state index in [2.05, 4.69) is 10.6 Å². The molecule has 0 saturated heterocycles. The second-order valence-electron chi connectivity index (χ2n) is 6.36. The monoisotopic (exact) mass is 351 g/mol. The van der Waals surface area contributed by atoms with Crippen LogP contribution in [0.5, 0.6) is 0 Å². The maximum absolute atomic E-state index is 12.9. The minimum atomic E-state index is -0.399. The summed E-state index contributed by atoms with van der Waals surface area (Å²) in [5, 5.41) is 5.71. The van der Waals surface area contributed by atoms with E-state index in [1.807, 2.05) is 32.0 Å². The number of fused-ring (bicyclic) bond motifs is 1. The molecule has 0 aromatic heterocycles. The Labute approximate surface area is 152 Å². The number of likely N-dealkylation sites (N-methyl/N-ethyl adjacent to an activating group) is 1. The van der Waals surface area contributed by atoms with E-state index in [4.69, 9.17) is 0 Å². The number of imide groups is 1. The lowest BCUT2D eigenvalue weighted by Gasteiger charge is -2.17. The number of rotatable bonds is 5. The Kier molecular flexibility index (Phi) is 4.86. The van der Waals surface area contributed by atoms with Gasteiger partial charge in [0.2, 0.25) is 0 Å². The van der Waals surface area contributed by atoms with Crippen LogP contribution < -0.4 is 15.5 Å². The standard InChI is InChI=1S/C20H21N3O3/c1-12-4-5-13(2)17(10-12)23-19(25)15-7-6-14(11-16(15)20(23)26)18(24)22-9-8-21-3/h4-7,10-11,21H,8-9H2,1-3H3,(H,22,24). The predicted octanol–water partition coefficient (Wildman–Crippen LogP) is 2.05. The van der Waals surface area contributed by atoms with Gasteiger partial charge in [0.25, 0.3) is 17.7 Å². The first-order valence-corrected chi connectivity index (χ1v) is 8.47. The van der Waals surface area contributed by atoms with Gasteiger partial charge < -0.3 is 10.6 Å². The number of nitrogens with one attached hydrogen (secondary N) is 2. The second-order valence-corrected chi connectivity index (χ2v) is 6.36. The first-order valence-electron chi connectivity index (χ1n) is 8.47. The molecular weight excluding hydrogens is 330 g/mol. The molecule has 3 rings (SSSR count). The van der Waals surface area contributed by atoms with E-state index in [0.29, 0.717) is 29.9 Å². The molecule has 6 nitrogen and oxygen atoms in total. The van der Waals surface area contributed by atoms with Gasteiger partial charge in [-0.15, -0.1) is 0 Å². The number of carbonyl (C=O) groups is 3. The summed E-state index contributed by atoms with van der Waals surface area (Å²) >= 11 is 0. The molecule has 0 atom stereocenters. The van der Waals surface area contributed by atoms with Gasteiger partial charge in [0.1, 0.15) is 0 Å². The predicted molar refractivity (Wildman–Crippen MR) is 99.8 cm³/mol. The number of hydrogen-bond donors (Lipinski definition) is 2. The number of carbonyl (C=O) groups excluding carboxylic acids is 3. The van der Waals surface area contributed by atoms with Crippen molar-refractivity contribution in [2.75, 3.05) is 25.0 Å². The summed E-state index contributed by atoms with van der Waals surface area (Å²) in [6, 6.07) is 10.3. The van der Waals surface area contributed by atoms with Gasteiger partial charge in [-0.2, -0.15) is 0 Å². The molecule has 26 heavy (non-hydrogen) atoms. The Balaban J connectivity index is 1.93. The van der Waals surface area contributed by atoms with Crippen LogP contribution in [0, 0.1) is 13.8 Å². The van der Waals surface area contributed by atoms with Gasteiger partial charge in [-0.1, -0.05) is 12.1 Å². The van der Waals surface area contributed by atoms with E-state index >= 15 is 0 Å². The van der Waals surface area contributed by atoms with Crippen molar-refractivity contribution in [2.45, 2.75) is 13.8 Å². The van der Waals surface area contributed by atoms with Crippen LogP contribution in [0.15, 0.2) is 36.4 Å². The molecule has 134 valence electrons. The Bertz CT molecular complexity index is 905. The molecule has 0 bridgehead atoms. The highest BCUT2D eigenvalue weighted by molar-refractivity contribution is 6.35. The van der Waals surface area contributed by atoms with Crippen LogP contribution in [0.25, 0.3) is 0 Å². The topological polar surface area (TPSA) is 78.5 Å². The van der Waals surface area contributed by atoms with Crippen LogP contribution in [0.2, 0.25) is 0 Å². The normalized spacial score (nSPS) is 13.1. The maximum Gasteiger partial charge on any atom is 0.266 e. The highest BCUT2D eigenvalue weighted by Gasteiger charge is 2.37. The molecule has 0 unspecified atom stereocenters. The number of nitrogens with zero attached hydrogens (tertiary/aromatic N) is 1. The van der Waals surface area contributed by atoms with Crippen molar-refractivity contribution < 1.29 is 14.4 Å². The number of benzene rings is 2. The van der Waals surface area contributed by atoms with Gasteiger partial charge in [-0.3, -0.25) is 14.4 Å². The lowest BCUT2D eigenvalue weighted by molar-refractivity contribution is 0.0923. The fourth-order valence-electron chi connectivity index (χ4n) is 2.96. The van der Waals surface area contributed by atoms with Crippen molar-refractivity contribution in [3.05, 3.63) is 64.2 Å². The van der Waals surface area contributed by atoms with Gasteiger partial charge in [0, 0.05) is 18.7 Å². The molecule has 1 heterocycles. The first kappa shape index (κ1) is 17.8. The minimum absolute atomic E-state index is 0.261. The number of amides is 3. The molecule has 1 aliphatic rings. The third kappa shape index (κ3) is 3.11. The van der Waals surface area contributed by atoms with Crippen LogP contribution in [0.4, 0.5) is 5.69 Å². The molecule has 0 aliphatic carbocycles. The van der Waals surface area contributed by atoms with E-state index in [1.165, 1.54) is 11.0 Å². The fourth-order valence-corrected chi connectivity index (χ4v) is 2.96. The maximum atomic E-state index is 12.9. The van der Waals surface area contributed by atoms with Gasteiger partial charge in [-0.05, 0) is 56.3 Å². The molecule has 0 radical (unpaired) electrons. The summed E-state index contributed by atoms with van der Waals surface area (Å²) in [5.41, 5.74) is 3.33. The number of aryl methyl sites for hydroxylation is 2. The van der Waals surface area contributed by atoms with Gasteiger partial charge in [0.15, 0.2) is 0 Å². The molecule has 2 aromatic carbocycles. The lowest BCUT2D eigenvalue weighted by atomic mass is 10.1. The van der Waals surface area contributed by atoms with Crippen LogP contribution >= 0.6 is 0 Å². The largest absolute Gasteiger partial charge is 0.351 e. The summed E-state index contributed by atoms with van der Waals surface area (Å²) in [6.45, 7) is 4.90. The van der Waals surface area contributed by atoms with Gasteiger partial charge >= 0.3 is 0 Å². The van der Waals surface area contributed by atoms with E-state index in [0.717, 1.165) is 11.1 Å². The van der Waals surface area contributed by atoms with Crippen molar-refractivity contribution in [1.82, 2.24) is 10.6 Å².